The van der Waals surface area contributed by atoms with Gasteiger partial charge < -0.3 is 14.2 Å². The Labute approximate surface area is 484 Å². The molecule has 0 N–H and O–H groups in total. The Bertz CT molecular complexity index is 1480. The van der Waals surface area contributed by atoms with Crippen LogP contribution in [0.25, 0.3) is 0 Å². The minimum Gasteiger partial charge on any atom is -0.462 e. The molecule has 0 saturated carbocycles. The first-order valence-electron chi connectivity index (χ1n) is 33.6. The van der Waals surface area contributed by atoms with Crippen molar-refractivity contribution in [3.8, 4) is 0 Å². The zero-order valence-corrected chi connectivity index (χ0v) is 51.7. The number of ether oxygens (including phenoxy) is 3. The second-order valence-electron chi connectivity index (χ2n) is 22.4. The average molecular weight is 1090 g/mol. The number of hydrogen-bond acceptors (Lipinski definition) is 6. The molecular weight excluding hydrogens is 961 g/mol. The van der Waals surface area contributed by atoms with Crippen molar-refractivity contribution >= 4 is 17.9 Å². The Hall–Kier alpha value is -3.41. The number of hydrogen-bond donors (Lipinski definition) is 0. The van der Waals surface area contributed by atoms with E-state index >= 15 is 0 Å². The van der Waals surface area contributed by atoms with E-state index in [9.17, 15) is 14.4 Å². The highest BCUT2D eigenvalue weighted by Crippen LogP contribution is 2.17. The van der Waals surface area contributed by atoms with Crippen molar-refractivity contribution in [2.24, 2.45) is 0 Å². The van der Waals surface area contributed by atoms with Gasteiger partial charge in [-0.3, -0.25) is 14.4 Å². The molecule has 450 valence electrons. The molecule has 0 heterocycles. The van der Waals surface area contributed by atoms with Crippen molar-refractivity contribution in [3.63, 3.8) is 0 Å². The van der Waals surface area contributed by atoms with Crippen molar-refractivity contribution in [2.45, 2.75) is 341 Å². The maximum atomic E-state index is 12.9. The monoisotopic (exact) mass is 1090 g/mol. The highest BCUT2D eigenvalue weighted by molar-refractivity contribution is 5.71. The van der Waals surface area contributed by atoms with Crippen LogP contribution in [0.5, 0.6) is 0 Å². The summed E-state index contributed by atoms with van der Waals surface area (Å²) in [4.78, 5) is 38.2. The van der Waals surface area contributed by atoms with Crippen LogP contribution in [-0.4, -0.2) is 37.2 Å². The van der Waals surface area contributed by atoms with E-state index in [2.05, 4.69) is 106 Å². The zero-order valence-electron chi connectivity index (χ0n) is 51.7. The van der Waals surface area contributed by atoms with Gasteiger partial charge in [-0.2, -0.15) is 0 Å². The molecule has 0 aromatic rings. The number of allylic oxidation sites excluding steroid dienone is 14. The number of carbonyl (C=O) groups excluding carboxylic acids is 3. The van der Waals surface area contributed by atoms with E-state index in [4.69, 9.17) is 14.2 Å². The molecule has 78 heavy (non-hydrogen) atoms. The molecule has 0 saturated heterocycles. The van der Waals surface area contributed by atoms with Crippen LogP contribution in [0, 0.1) is 0 Å². The van der Waals surface area contributed by atoms with Crippen LogP contribution in [0.3, 0.4) is 0 Å². The fourth-order valence-electron chi connectivity index (χ4n) is 9.62. The largest absolute Gasteiger partial charge is 0.462 e. The van der Waals surface area contributed by atoms with Crippen LogP contribution < -0.4 is 0 Å². The summed E-state index contributed by atoms with van der Waals surface area (Å²) in [6.45, 7) is 6.51. The zero-order chi connectivity index (χ0) is 56.4. The van der Waals surface area contributed by atoms with Crippen molar-refractivity contribution in [1.29, 1.82) is 0 Å². The fourth-order valence-corrected chi connectivity index (χ4v) is 9.62. The van der Waals surface area contributed by atoms with E-state index < -0.39 is 6.10 Å². The SMILES string of the molecule is CC/C=C\C/C=C\C/C=C\C/C=C\C/C=C\C/C=C\CCCCCCC(=O)OC(COC(=O)CCCCCCCCCC)COC(=O)CCCCCCCCCCCCCCCCCCC/C=C\CCCCCCCCCC. The van der Waals surface area contributed by atoms with Crippen LogP contribution in [0.2, 0.25) is 0 Å². The first-order chi connectivity index (χ1) is 38.5. The minimum atomic E-state index is -0.788. The predicted octanol–water partition coefficient (Wildman–Crippen LogP) is 23.1. The summed E-state index contributed by atoms with van der Waals surface area (Å²) in [5.74, 6) is -0.901. The maximum Gasteiger partial charge on any atom is 0.306 e. The topological polar surface area (TPSA) is 78.9 Å². The summed E-state index contributed by atoms with van der Waals surface area (Å²) in [5.41, 5.74) is 0. The molecule has 0 aliphatic heterocycles. The van der Waals surface area contributed by atoms with Crippen molar-refractivity contribution in [1.82, 2.24) is 0 Å². The predicted molar refractivity (Wildman–Crippen MR) is 339 cm³/mol. The van der Waals surface area contributed by atoms with E-state index in [1.54, 1.807) is 0 Å². The number of esters is 3. The lowest BCUT2D eigenvalue weighted by Crippen LogP contribution is -2.30. The Kier molecular flexibility index (Phi) is 63.2. The lowest BCUT2D eigenvalue weighted by Gasteiger charge is -2.18. The van der Waals surface area contributed by atoms with Gasteiger partial charge in [0.25, 0.3) is 0 Å². The molecule has 0 amide bonds. The first-order valence-corrected chi connectivity index (χ1v) is 33.6. The third-order valence-electron chi connectivity index (χ3n) is 14.6. The summed E-state index contributed by atoms with van der Waals surface area (Å²) < 4.78 is 16.9. The van der Waals surface area contributed by atoms with E-state index in [0.29, 0.717) is 19.3 Å². The molecule has 0 aromatic heterocycles. The Balaban J connectivity index is 4.15. The van der Waals surface area contributed by atoms with Crippen LogP contribution in [-0.2, 0) is 28.6 Å². The van der Waals surface area contributed by atoms with Gasteiger partial charge in [-0.25, -0.2) is 0 Å². The molecule has 6 nitrogen and oxygen atoms in total. The van der Waals surface area contributed by atoms with Crippen LogP contribution in [0.4, 0.5) is 0 Å². The highest BCUT2D eigenvalue weighted by atomic mass is 16.6. The van der Waals surface area contributed by atoms with E-state index in [1.165, 1.54) is 186 Å². The van der Waals surface area contributed by atoms with Gasteiger partial charge in [-0.05, 0) is 96.3 Å². The molecule has 0 aliphatic carbocycles. The third kappa shape index (κ3) is 63.4. The molecular formula is C72H126O6. The van der Waals surface area contributed by atoms with Crippen molar-refractivity contribution < 1.29 is 28.6 Å². The average Bonchev–Trinajstić information content (AvgIpc) is 3.44. The van der Waals surface area contributed by atoms with Gasteiger partial charge >= 0.3 is 17.9 Å². The van der Waals surface area contributed by atoms with E-state index in [-0.39, 0.29) is 31.1 Å². The maximum absolute atomic E-state index is 12.9. The second kappa shape index (κ2) is 66.1. The van der Waals surface area contributed by atoms with E-state index in [0.717, 1.165) is 109 Å². The fraction of sp³-hybridized carbons (Fsp3) is 0.764. The van der Waals surface area contributed by atoms with Crippen molar-refractivity contribution in [2.75, 3.05) is 13.2 Å². The Morgan fingerprint density at radius 1 is 0.269 bits per heavy atom. The normalized spacial score (nSPS) is 12.6. The molecule has 0 bridgehead atoms. The van der Waals surface area contributed by atoms with Crippen LogP contribution in [0.15, 0.2) is 85.1 Å². The third-order valence-corrected chi connectivity index (χ3v) is 14.6. The molecule has 1 atom stereocenters. The molecule has 0 fully saturated rings. The van der Waals surface area contributed by atoms with Gasteiger partial charge in [0.05, 0.1) is 0 Å². The van der Waals surface area contributed by atoms with Gasteiger partial charge in [0.2, 0.25) is 0 Å². The number of carbonyl (C=O) groups is 3. The van der Waals surface area contributed by atoms with Gasteiger partial charge in [0.1, 0.15) is 13.2 Å². The van der Waals surface area contributed by atoms with Gasteiger partial charge in [0.15, 0.2) is 6.10 Å². The molecule has 0 aromatic carbocycles. The second-order valence-corrected chi connectivity index (χ2v) is 22.4. The van der Waals surface area contributed by atoms with Crippen LogP contribution in [0.1, 0.15) is 335 Å². The lowest BCUT2D eigenvalue weighted by atomic mass is 10.0. The molecule has 0 spiro atoms. The molecule has 0 rings (SSSR count). The van der Waals surface area contributed by atoms with E-state index in [1.807, 2.05) is 0 Å². The molecule has 6 heteroatoms. The Morgan fingerprint density at radius 2 is 0.500 bits per heavy atom. The standard InChI is InChI=1S/C72H126O6/c1-4-7-10-13-16-19-21-23-25-27-29-31-33-34-35-36-37-38-40-41-43-45-47-49-51-53-56-59-62-65-71(74)77-68-69(67-76-70(73)64-61-58-55-18-15-12-9-6-3)78-72(75)66-63-60-57-54-52-50-48-46-44-42-39-32-30-28-26-24-22-20-17-14-11-8-5-2/h8,11,17,20,24,26-27,29-30,32,42,44,48,50,69H,4-7,9-10,12-16,18-19,21-23,25,28,31,33-41,43,45-47,49,51-68H2,1-3H3/b11-8-,20-17-,26-24-,29-27-,32-30-,44-42-,50-48-. The van der Waals surface area contributed by atoms with Gasteiger partial charge in [-0.15, -0.1) is 0 Å². The summed E-state index contributed by atoms with van der Waals surface area (Å²) in [6.07, 6.45) is 87.7. The molecule has 0 radical (unpaired) electrons. The smallest absolute Gasteiger partial charge is 0.306 e. The highest BCUT2D eigenvalue weighted by Gasteiger charge is 2.19. The first kappa shape index (κ1) is 74.6. The molecule has 1 unspecified atom stereocenters. The van der Waals surface area contributed by atoms with Gasteiger partial charge in [-0.1, -0.05) is 305 Å². The summed E-state index contributed by atoms with van der Waals surface area (Å²) in [6, 6.07) is 0. The minimum absolute atomic E-state index is 0.0840. The molecule has 0 aliphatic rings. The summed E-state index contributed by atoms with van der Waals surface area (Å²) in [7, 11) is 0. The van der Waals surface area contributed by atoms with Crippen LogP contribution >= 0.6 is 0 Å². The summed E-state index contributed by atoms with van der Waals surface area (Å²) in [5, 5.41) is 0. The Morgan fingerprint density at radius 3 is 0.795 bits per heavy atom. The van der Waals surface area contributed by atoms with Crippen molar-refractivity contribution in [3.05, 3.63) is 85.1 Å². The number of unbranched alkanes of at least 4 members (excludes halogenated alkanes) is 36. The van der Waals surface area contributed by atoms with Gasteiger partial charge in [0, 0.05) is 19.3 Å². The quantitative estimate of drug-likeness (QED) is 0.0261. The number of rotatable bonds is 61. The lowest BCUT2D eigenvalue weighted by molar-refractivity contribution is -0.167. The summed E-state index contributed by atoms with van der Waals surface area (Å²) >= 11 is 0.